The molecular weight excluding hydrogens is 308 g/mol. The van der Waals surface area contributed by atoms with Crippen molar-refractivity contribution >= 4 is 16.7 Å². The first kappa shape index (κ1) is 16.1. The lowest BCUT2D eigenvalue weighted by Gasteiger charge is -2.04. The van der Waals surface area contributed by atoms with Gasteiger partial charge in [0.1, 0.15) is 0 Å². The Morgan fingerprint density at radius 2 is 1.68 bits per heavy atom. The number of ketones is 1. The molecule has 3 aromatic rings. The topological polar surface area (TPSA) is 34.9 Å². The van der Waals surface area contributed by atoms with Gasteiger partial charge < -0.3 is 4.57 Å². The highest BCUT2D eigenvalue weighted by atomic mass is 16.1. The molecule has 128 valence electrons. The number of carbonyl (C=O) groups is 1. The molecule has 2 heterocycles. The molecular formula is C22H24N2O. The van der Waals surface area contributed by atoms with Crippen LogP contribution in [0.5, 0.6) is 0 Å². The average molecular weight is 332 g/mol. The Hall–Kier alpha value is -2.42. The van der Waals surface area contributed by atoms with Crippen LogP contribution >= 0.6 is 0 Å². The monoisotopic (exact) mass is 332 g/mol. The Bertz CT molecular complexity index is 937. The van der Waals surface area contributed by atoms with E-state index in [2.05, 4.69) is 49.4 Å². The van der Waals surface area contributed by atoms with Gasteiger partial charge in [0.25, 0.3) is 0 Å². The lowest BCUT2D eigenvalue weighted by molar-refractivity contribution is 0.0946. The highest BCUT2D eigenvalue weighted by molar-refractivity contribution is 6.11. The predicted molar refractivity (Wildman–Crippen MR) is 101 cm³/mol. The van der Waals surface area contributed by atoms with E-state index in [0.717, 1.165) is 23.0 Å². The average Bonchev–Trinajstić information content (AvgIpc) is 2.86. The molecule has 1 fully saturated rings. The molecule has 2 aromatic heterocycles. The number of hydrogen-bond acceptors (Lipinski definition) is 2. The van der Waals surface area contributed by atoms with E-state index in [-0.39, 0.29) is 22.5 Å². The first-order valence-corrected chi connectivity index (χ1v) is 8.85. The van der Waals surface area contributed by atoms with Crippen molar-refractivity contribution in [1.29, 1.82) is 0 Å². The molecule has 0 unspecified atom stereocenters. The summed E-state index contributed by atoms with van der Waals surface area (Å²) in [5, 5.41) is 1.06. The summed E-state index contributed by atoms with van der Waals surface area (Å²) in [6, 6.07) is 12.2. The minimum Gasteiger partial charge on any atom is -0.342 e. The van der Waals surface area contributed by atoms with Crippen LogP contribution in [0.1, 0.15) is 43.6 Å². The van der Waals surface area contributed by atoms with Gasteiger partial charge in [-0.05, 0) is 34.6 Å². The van der Waals surface area contributed by atoms with Gasteiger partial charge in [0.15, 0.2) is 5.78 Å². The van der Waals surface area contributed by atoms with Crippen molar-refractivity contribution in [3.63, 3.8) is 0 Å². The van der Waals surface area contributed by atoms with Crippen LogP contribution in [0.2, 0.25) is 0 Å². The molecule has 1 aliphatic rings. The molecule has 0 bridgehead atoms. The van der Waals surface area contributed by atoms with Gasteiger partial charge in [-0.3, -0.25) is 9.78 Å². The third kappa shape index (κ3) is 2.33. The fourth-order valence-corrected chi connectivity index (χ4v) is 4.27. The maximum atomic E-state index is 13.3. The molecule has 0 amide bonds. The van der Waals surface area contributed by atoms with Gasteiger partial charge >= 0.3 is 0 Å². The van der Waals surface area contributed by atoms with E-state index in [1.165, 1.54) is 5.56 Å². The SMILES string of the molecule is CC1(C)C(C(=O)c2cn(Cc3ccncc3)c3ccccc23)C1(C)C. The van der Waals surface area contributed by atoms with E-state index >= 15 is 0 Å². The lowest BCUT2D eigenvalue weighted by atomic mass is 10.0. The highest BCUT2D eigenvalue weighted by Crippen LogP contribution is 2.69. The van der Waals surface area contributed by atoms with Crippen LogP contribution in [0.15, 0.2) is 55.0 Å². The van der Waals surface area contributed by atoms with Crippen LogP contribution in [0.4, 0.5) is 0 Å². The summed E-state index contributed by atoms with van der Waals surface area (Å²) < 4.78 is 2.18. The lowest BCUT2D eigenvalue weighted by Crippen LogP contribution is -2.07. The second-order valence-electron chi connectivity index (χ2n) is 8.28. The third-order valence-corrected chi connectivity index (χ3v) is 6.44. The van der Waals surface area contributed by atoms with Crippen molar-refractivity contribution in [2.45, 2.75) is 34.2 Å². The highest BCUT2D eigenvalue weighted by Gasteiger charge is 2.68. The van der Waals surface area contributed by atoms with Crippen molar-refractivity contribution in [2.75, 3.05) is 0 Å². The summed E-state index contributed by atoms with van der Waals surface area (Å²) in [5.74, 6) is 0.361. The number of fused-ring (bicyclic) bond motifs is 1. The first-order valence-electron chi connectivity index (χ1n) is 8.85. The molecule has 0 saturated heterocycles. The Kier molecular flexibility index (Phi) is 3.40. The molecule has 0 atom stereocenters. The fraction of sp³-hybridized carbons (Fsp3) is 0.364. The molecule has 0 aliphatic heterocycles. The van der Waals surface area contributed by atoms with Gasteiger partial charge in [-0.1, -0.05) is 45.9 Å². The quantitative estimate of drug-likeness (QED) is 0.634. The Balaban J connectivity index is 1.77. The number of benzene rings is 1. The second-order valence-corrected chi connectivity index (χ2v) is 8.28. The van der Waals surface area contributed by atoms with Crippen LogP contribution in [-0.2, 0) is 6.54 Å². The number of rotatable bonds is 4. The third-order valence-electron chi connectivity index (χ3n) is 6.44. The maximum absolute atomic E-state index is 13.3. The molecule has 1 aromatic carbocycles. The van der Waals surface area contributed by atoms with Gasteiger partial charge in [-0.25, -0.2) is 0 Å². The summed E-state index contributed by atoms with van der Waals surface area (Å²) in [6.07, 6.45) is 5.66. The number of Topliss-reactive ketones (excluding diaryl/α,β-unsaturated/α-hetero) is 1. The summed E-state index contributed by atoms with van der Waals surface area (Å²) in [5.41, 5.74) is 3.26. The Morgan fingerprint density at radius 1 is 1.04 bits per heavy atom. The largest absolute Gasteiger partial charge is 0.342 e. The molecule has 0 radical (unpaired) electrons. The summed E-state index contributed by atoms with van der Waals surface area (Å²) in [4.78, 5) is 17.4. The number of aromatic nitrogens is 2. The molecule has 3 heteroatoms. The Morgan fingerprint density at radius 3 is 2.32 bits per heavy atom. The minimum absolute atomic E-state index is 0.0540. The fourth-order valence-electron chi connectivity index (χ4n) is 4.27. The molecule has 4 rings (SSSR count). The van der Waals surface area contributed by atoms with Gasteiger partial charge in [0.2, 0.25) is 0 Å². The molecule has 1 saturated carbocycles. The van der Waals surface area contributed by atoms with Gasteiger partial charge in [-0.2, -0.15) is 0 Å². The van der Waals surface area contributed by atoms with Gasteiger partial charge in [0.05, 0.1) is 0 Å². The van der Waals surface area contributed by atoms with E-state index in [1.807, 2.05) is 42.9 Å². The van der Waals surface area contributed by atoms with Crippen LogP contribution < -0.4 is 0 Å². The van der Waals surface area contributed by atoms with E-state index < -0.39 is 0 Å². The van der Waals surface area contributed by atoms with Crippen LogP contribution in [0.25, 0.3) is 10.9 Å². The zero-order valence-electron chi connectivity index (χ0n) is 15.3. The zero-order chi connectivity index (χ0) is 17.8. The van der Waals surface area contributed by atoms with Crippen molar-refractivity contribution in [2.24, 2.45) is 16.7 Å². The van der Waals surface area contributed by atoms with Gasteiger partial charge in [0, 0.05) is 47.5 Å². The van der Waals surface area contributed by atoms with Gasteiger partial charge in [-0.15, -0.1) is 0 Å². The smallest absolute Gasteiger partial charge is 0.169 e. The standard InChI is InChI=1S/C22H24N2O/c1-21(2)20(22(21,3)4)19(25)17-14-24(13-15-9-11-23-12-10-15)18-8-6-5-7-16(17)18/h5-12,14,20H,13H2,1-4H3. The molecule has 0 N–H and O–H groups in total. The number of carbonyl (C=O) groups excluding carboxylic acids is 1. The Labute approximate surface area is 148 Å². The van der Waals surface area contributed by atoms with Crippen molar-refractivity contribution in [3.8, 4) is 0 Å². The normalized spacial score (nSPS) is 18.4. The number of hydrogen-bond donors (Lipinski definition) is 0. The number of para-hydroxylation sites is 1. The molecule has 1 aliphatic carbocycles. The van der Waals surface area contributed by atoms with E-state index in [4.69, 9.17) is 0 Å². The van der Waals surface area contributed by atoms with Crippen LogP contribution in [-0.4, -0.2) is 15.3 Å². The first-order chi connectivity index (χ1) is 11.8. The predicted octanol–water partition coefficient (Wildman–Crippen LogP) is 4.95. The minimum atomic E-state index is 0.0540. The molecule has 0 spiro atoms. The molecule has 3 nitrogen and oxygen atoms in total. The second kappa shape index (κ2) is 5.29. The van der Waals surface area contributed by atoms with E-state index in [1.54, 1.807) is 0 Å². The summed E-state index contributed by atoms with van der Waals surface area (Å²) >= 11 is 0. The maximum Gasteiger partial charge on any atom is 0.169 e. The van der Waals surface area contributed by atoms with Crippen molar-refractivity contribution in [3.05, 3.63) is 66.1 Å². The van der Waals surface area contributed by atoms with Crippen molar-refractivity contribution in [1.82, 2.24) is 9.55 Å². The number of pyridine rings is 1. The van der Waals surface area contributed by atoms with Crippen molar-refractivity contribution < 1.29 is 4.79 Å². The zero-order valence-corrected chi connectivity index (χ0v) is 15.3. The molecule has 25 heavy (non-hydrogen) atoms. The van der Waals surface area contributed by atoms with E-state index in [0.29, 0.717) is 0 Å². The van der Waals surface area contributed by atoms with Crippen LogP contribution in [0, 0.1) is 16.7 Å². The summed E-state index contributed by atoms with van der Waals surface area (Å²) in [6.45, 7) is 9.54. The number of nitrogens with zero attached hydrogens (tertiary/aromatic N) is 2. The van der Waals surface area contributed by atoms with E-state index in [9.17, 15) is 4.79 Å². The van der Waals surface area contributed by atoms with Crippen LogP contribution in [0.3, 0.4) is 0 Å². The summed E-state index contributed by atoms with van der Waals surface area (Å²) in [7, 11) is 0.